The van der Waals surface area contributed by atoms with E-state index in [9.17, 15) is 4.79 Å². The van der Waals surface area contributed by atoms with Crippen molar-refractivity contribution >= 4 is 5.97 Å². The van der Waals surface area contributed by atoms with Crippen molar-refractivity contribution in [2.24, 2.45) is 0 Å². The maximum Gasteiger partial charge on any atom is 0.326 e. The lowest BCUT2D eigenvalue weighted by atomic mass is 9.97. The summed E-state index contributed by atoms with van der Waals surface area (Å²) in [6.45, 7) is 6.27. The highest BCUT2D eigenvalue weighted by Crippen LogP contribution is 2.41. The molecule has 116 valence electrons. The Morgan fingerprint density at radius 1 is 1.33 bits per heavy atom. The van der Waals surface area contributed by atoms with E-state index in [-0.39, 0.29) is 12.0 Å². The van der Waals surface area contributed by atoms with Crippen molar-refractivity contribution in [3.8, 4) is 0 Å². The van der Waals surface area contributed by atoms with E-state index in [0.29, 0.717) is 6.04 Å². The van der Waals surface area contributed by atoms with Gasteiger partial charge < -0.3 is 4.74 Å². The normalized spacial score (nSPS) is 28.9. The van der Waals surface area contributed by atoms with E-state index in [0.717, 1.165) is 25.0 Å². The predicted octanol–water partition coefficient (Wildman–Crippen LogP) is 2.20. The van der Waals surface area contributed by atoms with Crippen LogP contribution in [0.2, 0.25) is 0 Å². The first-order valence-electron chi connectivity index (χ1n) is 7.85. The second-order valence-corrected chi connectivity index (χ2v) is 6.63. The van der Waals surface area contributed by atoms with E-state index in [1.807, 2.05) is 6.92 Å². The van der Waals surface area contributed by atoms with E-state index in [4.69, 9.17) is 4.74 Å². The lowest BCUT2D eigenvalue weighted by molar-refractivity contribution is -0.148. The summed E-state index contributed by atoms with van der Waals surface area (Å²) in [7, 11) is 1.49. The van der Waals surface area contributed by atoms with Crippen LogP contribution in [-0.4, -0.2) is 34.4 Å². The van der Waals surface area contributed by atoms with Crippen LogP contribution < -0.4 is 5.32 Å². The number of aromatic nitrogens is 2. The molecule has 5 nitrogen and oxygen atoms in total. The van der Waals surface area contributed by atoms with Gasteiger partial charge in [-0.1, -0.05) is 0 Å². The van der Waals surface area contributed by atoms with Gasteiger partial charge in [-0.25, -0.2) is 0 Å². The summed E-state index contributed by atoms with van der Waals surface area (Å²) in [5.41, 5.74) is 3.03. The van der Waals surface area contributed by atoms with E-state index < -0.39 is 5.54 Å². The topological polar surface area (TPSA) is 56.1 Å². The van der Waals surface area contributed by atoms with Gasteiger partial charge >= 0.3 is 5.97 Å². The molecule has 21 heavy (non-hydrogen) atoms. The van der Waals surface area contributed by atoms with Gasteiger partial charge in [0.1, 0.15) is 5.54 Å². The monoisotopic (exact) mass is 291 g/mol. The summed E-state index contributed by atoms with van der Waals surface area (Å²) in [5, 5.41) is 8.22. The molecular weight excluding hydrogens is 266 g/mol. The maximum atomic E-state index is 12.3. The molecule has 2 aliphatic carbocycles. The molecule has 0 saturated heterocycles. The Labute approximate surface area is 126 Å². The van der Waals surface area contributed by atoms with Crippen LogP contribution in [0.25, 0.3) is 0 Å². The quantitative estimate of drug-likeness (QED) is 0.864. The van der Waals surface area contributed by atoms with E-state index in [2.05, 4.69) is 28.9 Å². The fourth-order valence-electron chi connectivity index (χ4n) is 3.52. The summed E-state index contributed by atoms with van der Waals surface area (Å²) in [4.78, 5) is 12.3. The average Bonchev–Trinajstić information content (AvgIpc) is 3.12. The number of nitrogens with zero attached hydrogens (tertiary/aromatic N) is 2. The third-order valence-corrected chi connectivity index (χ3v) is 5.15. The molecule has 2 aliphatic rings. The molecular formula is C16H25N3O2. The van der Waals surface area contributed by atoms with Crippen LogP contribution in [0.15, 0.2) is 0 Å². The Balaban J connectivity index is 1.84. The number of rotatable bonds is 4. The number of carbonyl (C=O) groups excluding carboxylic acids is 1. The summed E-state index contributed by atoms with van der Waals surface area (Å²) in [5.74, 6) is -0.116. The lowest BCUT2D eigenvalue weighted by Crippen LogP contribution is -2.52. The van der Waals surface area contributed by atoms with E-state index >= 15 is 0 Å². The Bertz CT molecular complexity index is 562. The summed E-state index contributed by atoms with van der Waals surface area (Å²) < 4.78 is 7.19. The summed E-state index contributed by atoms with van der Waals surface area (Å²) in [6, 6.07) is 0.771. The van der Waals surface area contributed by atoms with Crippen molar-refractivity contribution in [2.75, 3.05) is 7.11 Å². The van der Waals surface area contributed by atoms with E-state index in [1.165, 1.54) is 31.2 Å². The van der Waals surface area contributed by atoms with Crippen LogP contribution in [0.5, 0.6) is 0 Å². The minimum Gasteiger partial charge on any atom is -0.468 e. The fraction of sp³-hybridized carbons (Fsp3) is 0.750. The van der Waals surface area contributed by atoms with Gasteiger partial charge in [-0.2, -0.15) is 5.10 Å². The van der Waals surface area contributed by atoms with Crippen molar-refractivity contribution < 1.29 is 9.53 Å². The molecule has 0 radical (unpaired) electrons. The molecule has 1 aromatic heterocycles. The molecule has 0 bridgehead atoms. The van der Waals surface area contributed by atoms with Gasteiger partial charge in [0.05, 0.1) is 18.8 Å². The molecule has 2 atom stereocenters. The van der Waals surface area contributed by atoms with Gasteiger partial charge in [0, 0.05) is 11.7 Å². The van der Waals surface area contributed by atoms with Gasteiger partial charge in [-0.05, 0) is 58.4 Å². The molecule has 0 amide bonds. The average molecular weight is 291 g/mol. The van der Waals surface area contributed by atoms with Gasteiger partial charge in [0.15, 0.2) is 0 Å². The molecule has 0 aliphatic heterocycles. The van der Waals surface area contributed by atoms with E-state index in [1.54, 1.807) is 0 Å². The number of aryl methyl sites for hydroxylation is 1. The zero-order chi connectivity index (χ0) is 15.2. The number of carbonyl (C=O) groups is 1. The SMILES string of the molecule is COC(=O)C1(NC2CC2)CCC(n2nc(C)c(C)c2C)C1. The van der Waals surface area contributed by atoms with Crippen LogP contribution in [0, 0.1) is 20.8 Å². The van der Waals surface area contributed by atoms with Gasteiger partial charge in [0.25, 0.3) is 0 Å². The Morgan fingerprint density at radius 3 is 2.57 bits per heavy atom. The highest BCUT2D eigenvalue weighted by Gasteiger charge is 2.49. The number of methoxy groups -OCH3 is 1. The standard InChI is InChI=1S/C16H25N3O2/c1-10-11(2)18-19(12(10)3)14-7-8-16(9-14,15(20)21-4)17-13-5-6-13/h13-14,17H,5-9H2,1-4H3. The highest BCUT2D eigenvalue weighted by atomic mass is 16.5. The minimum atomic E-state index is -0.513. The van der Waals surface area contributed by atoms with Crippen molar-refractivity contribution in [1.82, 2.24) is 15.1 Å². The van der Waals surface area contributed by atoms with Crippen LogP contribution in [0.3, 0.4) is 0 Å². The number of nitrogens with one attached hydrogen (secondary N) is 1. The van der Waals surface area contributed by atoms with Crippen molar-refractivity contribution in [3.05, 3.63) is 17.0 Å². The van der Waals surface area contributed by atoms with Crippen molar-refractivity contribution in [1.29, 1.82) is 0 Å². The second-order valence-electron chi connectivity index (χ2n) is 6.63. The molecule has 2 unspecified atom stereocenters. The fourth-order valence-corrected chi connectivity index (χ4v) is 3.52. The Morgan fingerprint density at radius 2 is 2.05 bits per heavy atom. The van der Waals surface area contributed by atoms with Gasteiger partial charge in [-0.3, -0.25) is 14.8 Å². The first-order chi connectivity index (χ1) is 9.97. The first kappa shape index (κ1) is 14.6. The van der Waals surface area contributed by atoms with Crippen molar-refractivity contribution in [2.45, 2.75) is 70.5 Å². The number of esters is 1. The summed E-state index contributed by atoms with van der Waals surface area (Å²) >= 11 is 0. The maximum absolute atomic E-state index is 12.3. The van der Waals surface area contributed by atoms with Crippen LogP contribution >= 0.6 is 0 Å². The molecule has 3 rings (SSSR count). The minimum absolute atomic E-state index is 0.116. The number of hydrogen-bond donors (Lipinski definition) is 1. The van der Waals surface area contributed by atoms with Crippen LogP contribution in [-0.2, 0) is 9.53 Å². The zero-order valence-electron chi connectivity index (χ0n) is 13.4. The molecule has 0 spiro atoms. The zero-order valence-corrected chi connectivity index (χ0v) is 13.4. The molecule has 0 aromatic carbocycles. The smallest absolute Gasteiger partial charge is 0.326 e. The number of hydrogen-bond acceptors (Lipinski definition) is 4. The molecule has 5 heteroatoms. The lowest BCUT2D eigenvalue weighted by Gasteiger charge is -2.28. The first-order valence-corrected chi connectivity index (χ1v) is 7.85. The number of ether oxygens (including phenoxy) is 1. The van der Waals surface area contributed by atoms with Crippen LogP contribution in [0.4, 0.5) is 0 Å². The Kier molecular flexibility index (Phi) is 3.56. The van der Waals surface area contributed by atoms with Crippen molar-refractivity contribution in [3.63, 3.8) is 0 Å². The Hall–Kier alpha value is -1.36. The molecule has 1 N–H and O–H groups in total. The largest absolute Gasteiger partial charge is 0.468 e. The van der Waals surface area contributed by atoms with Gasteiger partial charge in [0.2, 0.25) is 0 Å². The predicted molar refractivity (Wildman–Crippen MR) is 80.2 cm³/mol. The molecule has 2 saturated carbocycles. The highest BCUT2D eigenvalue weighted by molar-refractivity contribution is 5.81. The molecule has 2 fully saturated rings. The third-order valence-electron chi connectivity index (χ3n) is 5.15. The second kappa shape index (κ2) is 5.13. The molecule has 1 aromatic rings. The van der Waals surface area contributed by atoms with Gasteiger partial charge in [-0.15, -0.1) is 0 Å². The summed E-state index contributed by atoms with van der Waals surface area (Å²) in [6.07, 6.45) is 4.91. The van der Waals surface area contributed by atoms with Crippen LogP contribution in [0.1, 0.15) is 55.1 Å². The molecule has 1 heterocycles. The third kappa shape index (κ3) is 2.48.